The summed E-state index contributed by atoms with van der Waals surface area (Å²) in [5, 5.41) is 3.93. The highest BCUT2D eigenvalue weighted by Gasteiger charge is 2.41. The van der Waals surface area contributed by atoms with Crippen LogP contribution in [0.25, 0.3) is 0 Å². The van der Waals surface area contributed by atoms with Crippen LogP contribution in [0.2, 0.25) is 0 Å². The van der Waals surface area contributed by atoms with Crippen LogP contribution in [-0.2, 0) is 4.74 Å². The van der Waals surface area contributed by atoms with Gasteiger partial charge in [0.05, 0.1) is 6.10 Å². The molecule has 2 bridgehead atoms. The zero-order valence-corrected chi connectivity index (χ0v) is 10.5. The standard InChI is InChI=1S/C14H25NO/c1-16-14-5-3-2-4-12(14)15-13-9-10-6-7-11(13)8-10/h10-15H,2-9H2,1H3. The molecule has 1 N–H and O–H groups in total. The van der Waals surface area contributed by atoms with E-state index in [1.807, 2.05) is 7.11 Å². The van der Waals surface area contributed by atoms with E-state index in [4.69, 9.17) is 4.74 Å². The Morgan fingerprint density at radius 3 is 2.50 bits per heavy atom. The van der Waals surface area contributed by atoms with Gasteiger partial charge in [0.1, 0.15) is 0 Å². The first-order chi connectivity index (χ1) is 7.86. The second-order valence-corrected chi connectivity index (χ2v) is 6.11. The van der Waals surface area contributed by atoms with Gasteiger partial charge >= 0.3 is 0 Å². The fourth-order valence-electron chi connectivity index (χ4n) is 4.29. The molecule has 2 nitrogen and oxygen atoms in total. The Balaban J connectivity index is 1.56. The average molecular weight is 223 g/mol. The van der Waals surface area contributed by atoms with Crippen molar-refractivity contribution in [1.82, 2.24) is 5.32 Å². The summed E-state index contributed by atoms with van der Waals surface area (Å²) in [5.74, 6) is 2.04. The maximum atomic E-state index is 5.63. The maximum absolute atomic E-state index is 5.63. The van der Waals surface area contributed by atoms with Gasteiger partial charge in [-0.2, -0.15) is 0 Å². The highest BCUT2D eigenvalue weighted by molar-refractivity contribution is 4.96. The molecule has 0 heterocycles. The quantitative estimate of drug-likeness (QED) is 0.794. The molecule has 0 saturated heterocycles. The summed E-state index contributed by atoms with van der Waals surface area (Å²) in [4.78, 5) is 0. The second-order valence-electron chi connectivity index (χ2n) is 6.11. The normalized spacial score (nSPS) is 47.4. The monoisotopic (exact) mass is 223 g/mol. The van der Waals surface area contributed by atoms with E-state index >= 15 is 0 Å². The van der Waals surface area contributed by atoms with E-state index in [0.29, 0.717) is 12.1 Å². The minimum atomic E-state index is 0.480. The fraction of sp³-hybridized carbons (Fsp3) is 1.00. The molecule has 0 spiro atoms. The third-order valence-electron chi connectivity index (χ3n) is 5.17. The largest absolute Gasteiger partial charge is 0.380 e. The predicted molar refractivity (Wildman–Crippen MR) is 65.4 cm³/mol. The lowest BCUT2D eigenvalue weighted by Crippen LogP contribution is -2.49. The number of methoxy groups -OCH3 is 1. The molecule has 0 radical (unpaired) electrons. The summed E-state index contributed by atoms with van der Waals surface area (Å²) in [5.41, 5.74) is 0. The molecule has 0 aliphatic heterocycles. The zero-order valence-electron chi connectivity index (χ0n) is 10.5. The minimum Gasteiger partial charge on any atom is -0.380 e. The van der Waals surface area contributed by atoms with Gasteiger partial charge in [-0.3, -0.25) is 0 Å². The smallest absolute Gasteiger partial charge is 0.0724 e. The van der Waals surface area contributed by atoms with Gasteiger partial charge in [-0.15, -0.1) is 0 Å². The van der Waals surface area contributed by atoms with Crippen molar-refractivity contribution >= 4 is 0 Å². The van der Waals surface area contributed by atoms with Crippen LogP contribution < -0.4 is 5.32 Å². The van der Waals surface area contributed by atoms with Crippen molar-refractivity contribution in [2.45, 2.75) is 69.6 Å². The maximum Gasteiger partial charge on any atom is 0.0724 e. The molecule has 16 heavy (non-hydrogen) atoms. The number of hydrogen-bond donors (Lipinski definition) is 1. The molecule has 0 amide bonds. The van der Waals surface area contributed by atoms with E-state index in [2.05, 4.69) is 5.32 Å². The first-order valence-corrected chi connectivity index (χ1v) is 7.15. The van der Waals surface area contributed by atoms with Gasteiger partial charge in [0.25, 0.3) is 0 Å². The summed E-state index contributed by atoms with van der Waals surface area (Å²) in [6.07, 6.45) is 11.7. The van der Waals surface area contributed by atoms with Crippen LogP contribution in [-0.4, -0.2) is 25.3 Å². The fourth-order valence-corrected chi connectivity index (χ4v) is 4.29. The molecule has 0 aromatic heterocycles. The van der Waals surface area contributed by atoms with Crippen LogP contribution in [0.1, 0.15) is 51.4 Å². The van der Waals surface area contributed by atoms with Crippen molar-refractivity contribution in [3.05, 3.63) is 0 Å². The molecule has 5 atom stereocenters. The number of nitrogens with one attached hydrogen (secondary N) is 1. The molecule has 3 aliphatic rings. The second kappa shape index (κ2) is 4.66. The van der Waals surface area contributed by atoms with E-state index in [9.17, 15) is 0 Å². The first kappa shape index (κ1) is 11.0. The topological polar surface area (TPSA) is 21.3 Å². The Kier molecular flexibility index (Phi) is 3.21. The Labute approximate surface area is 99.1 Å². The molecular weight excluding hydrogens is 198 g/mol. The van der Waals surface area contributed by atoms with E-state index in [1.165, 1.54) is 51.4 Å². The lowest BCUT2D eigenvalue weighted by molar-refractivity contribution is 0.0348. The zero-order chi connectivity index (χ0) is 11.0. The summed E-state index contributed by atoms with van der Waals surface area (Å²) in [6, 6.07) is 1.46. The van der Waals surface area contributed by atoms with E-state index in [1.54, 1.807) is 0 Å². The predicted octanol–water partition coefficient (Wildman–Crippen LogP) is 2.72. The third kappa shape index (κ3) is 2.02. The molecule has 3 rings (SSSR count). The molecule has 3 saturated carbocycles. The van der Waals surface area contributed by atoms with Crippen LogP contribution in [0.15, 0.2) is 0 Å². The van der Waals surface area contributed by atoms with Crippen molar-refractivity contribution in [1.29, 1.82) is 0 Å². The van der Waals surface area contributed by atoms with Crippen LogP contribution in [0.5, 0.6) is 0 Å². The van der Waals surface area contributed by atoms with Gasteiger partial charge in [-0.25, -0.2) is 0 Å². The van der Waals surface area contributed by atoms with E-state index < -0.39 is 0 Å². The molecule has 5 unspecified atom stereocenters. The Morgan fingerprint density at radius 2 is 1.81 bits per heavy atom. The first-order valence-electron chi connectivity index (χ1n) is 7.15. The van der Waals surface area contributed by atoms with Crippen molar-refractivity contribution in [2.75, 3.05) is 7.11 Å². The van der Waals surface area contributed by atoms with Crippen LogP contribution in [0, 0.1) is 11.8 Å². The molecule has 2 heteroatoms. The number of hydrogen-bond acceptors (Lipinski definition) is 2. The Bertz CT molecular complexity index is 243. The molecular formula is C14H25NO. The minimum absolute atomic E-state index is 0.480. The molecule has 3 aliphatic carbocycles. The van der Waals surface area contributed by atoms with Gasteiger partial charge in [0.15, 0.2) is 0 Å². The number of ether oxygens (including phenoxy) is 1. The molecule has 0 aromatic rings. The van der Waals surface area contributed by atoms with Gasteiger partial charge in [0.2, 0.25) is 0 Å². The van der Waals surface area contributed by atoms with E-state index in [-0.39, 0.29) is 0 Å². The summed E-state index contributed by atoms with van der Waals surface area (Å²) in [7, 11) is 1.88. The molecule has 92 valence electrons. The van der Waals surface area contributed by atoms with Crippen LogP contribution in [0.4, 0.5) is 0 Å². The van der Waals surface area contributed by atoms with Crippen molar-refractivity contribution in [3.8, 4) is 0 Å². The lowest BCUT2D eigenvalue weighted by Gasteiger charge is -2.35. The van der Waals surface area contributed by atoms with Crippen LogP contribution >= 0.6 is 0 Å². The summed E-state index contributed by atoms with van der Waals surface area (Å²) >= 11 is 0. The average Bonchev–Trinajstić information content (AvgIpc) is 2.92. The summed E-state index contributed by atoms with van der Waals surface area (Å²) in [6.45, 7) is 0. The van der Waals surface area contributed by atoms with Crippen molar-refractivity contribution in [3.63, 3.8) is 0 Å². The number of fused-ring (bicyclic) bond motifs is 2. The van der Waals surface area contributed by atoms with Gasteiger partial charge < -0.3 is 10.1 Å². The molecule has 0 aromatic carbocycles. The van der Waals surface area contributed by atoms with Crippen LogP contribution in [0.3, 0.4) is 0 Å². The highest BCUT2D eigenvalue weighted by atomic mass is 16.5. The summed E-state index contributed by atoms with van der Waals surface area (Å²) < 4.78 is 5.63. The van der Waals surface area contributed by atoms with Gasteiger partial charge in [-0.05, 0) is 43.9 Å². The Morgan fingerprint density at radius 1 is 0.938 bits per heavy atom. The third-order valence-corrected chi connectivity index (χ3v) is 5.17. The van der Waals surface area contributed by atoms with Crippen molar-refractivity contribution < 1.29 is 4.74 Å². The molecule has 3 fully saturated rings. The Hall–Kier alpha value is -0.0800. The highest BCUT2D eigenvalue weighted by Crippen LogP contribution is 2.44. The number of rotatable bonds is 3. The van der Waals surface area contributed by atoms with Gasteiger partial charge in [-0.1, -0.05) is 19.3 Å². The lowest BCUT2D eigenvalue weighted by atomic mass is 9.89. The van der Waals surface area contributed by atoms with E-state index in [0.717, 1.165) is 17.9 Å². The van der Waals surface area contributed by atoms with Gasteiger partial charge in [0, 0.05) is 19.2 Å². The SMILES string of the molecule is COC1CCCCC1NC1CC2CCC1C2. The van der Waals surface area contributed by atoms with Crippen molar-refractivity contribution in [2.24, 2.45) is 11.8 Å².